The van der Waals surface area contributed by atoms with Crippen molar-refractivity contribution in [2.24, 2.45) is 16.6 Å². The predicted molar refractivity (Wildman–Crippen MR) is 87.5 cm³/mol. The van der Waals surface area contributed by atoms with Gasteiger partial charge in [-0.1, -0.05) is 0 Å². The van der Waals surface area contributed by atoms with E-state index in [4.69, 9.17) is 15.2 Å². The Bertz CT molecular complexity index is 743. The quantitative estimate of drug-likeness (QED) is 0.798. The van der Waals surface area contributed by atoms with Crippen LogP contribution < -0.4 is 11.1 Å². The third-order valence-corrected chi connectivity index (χ3v) is 4.65. The van der Waals surface area contributed by atoms with Crippen LogP contribution >= 0.6 is 0 Å². The third kappa shape index (κ3) is 3.11. The second kappa shape index (κ2) is 6.79. The lowest BCUT2D eigenvalue weighted by atomic mass is 9.84. The first-order valence-corrected chi connectivity index (χ1v) is 8.19. The summed E-state index contributed by atoms with van der Waals surface area (Å²) in [4.78, 5) is 16.1. The maximum Gasteiger partial charge on any atom is 0.283 e. The summed E-state index contributed by atoms with van der Waals surface area (Å²) in [5, 5.41) is 2.66. The highest BCUT2D eigenvalue weighted by molar-refractivity contribution is 5.94. The van der Waals surface area contributed by atoms with Crippen molar-refractivity contribution in [2.45, 2.75) is 37.5 Å². The van der Waals surface area contributed by atoms with E-state index in [1.807, 2.05) is 0 Å². The number of fused-ring (bicyclic) bond motifs is 1. The number of methoxy groups -OCH3 is 1. The van der Waals surface area contributed by atoms with Crippen molar-refractivity contribution in [1.82, 2.24) is 5.32 Å². The summed E-state index contributed by atoms with van der Waals surface area (Å²) < 4.78 is 52.7. The second-order valence-corrected chi connectivity index (χ2v) is 6.60. The molecule has 1 aromatic carbocycles. The molecule has 0 radical (unpaired) electrons. The van der Waals surface area contributed by atoms with Gasteiger partial charge in [0.2, 0.25) is 0 Å². The summed E-state index contributed by atoms with van der Waals surface area (Å²) in [5.74, 6) is -2.07. The lowest BCUT2D eigenvalue weighted by Gasteiger charge is -2.33. The minimum Gasteiger partial charge on any atom is -0.462 e. The highest BCUT2D eigenvalue weighted by Gasteiger charge is 2.64. The SMILES string of the molecule is COC[C@H](C)NC(=O)c1ccc(F)c(C2(C(F)F)N=C(N)OC3C[C@H]32)c1. The van der Waals surface area contributed by atoms with E-state index in [2.05, 4.69) is 10.3 Å². The van der Waals surface area contributed by atoms with Crippen LogP contribution in [0.5, 0.6) is 0 Å². The molecule has 142 valence electrons. The Hall–Kier alpha value is -2.29. The molecule has 0 saturated heterocycles. The first kappa shape index (κ1) is 18.5. The van der Waals surface area contributed by atoms with Crippen molar-refractivity contribution in [1.29, 1.82) is 0 Å². The van der Waals surface area contributed by atoms with Gasteiger partial charge in [-0.3, -0.25) is 4.79 Å². The van der Waals surface area contributed by atoms with E-state index < -0.39 is 41.7 Å². The number of hydrogen-bond acceptors (Lipinski definition) is 5. The zero-order valence-electron chi connectivity index (χ0n) is 14.3. The van der Waals surface area contributed by atoms with Gasteiger partial charge in [0, 0.05) is 30.2 Å². The van der Waals surface area contributed by atoms with Gasteiger partial charge in [-0.15, -0.1) is 0 Å². The fourth-order valence-corrected chi connectivity index (χ4v) is 3.37. The Morgan fingerprint density at radius 1 is 1.54 bits per heavy atom. The molecule has 1 aromatic rings. The van der Waals surface area contributed by atoms with Gasteiger partial charge in [-0.25, -0.2) is 18.2 Å². The van der Waals surface area contributed by atoms with Crippen LogP contribution in [-0.2, 0) is 15.0 Å². The first-order valence-electron chi connectivity index (χ1n) is 8.19. The molecule has 1 heterocycles. The first-order chi connectivity index (χ1) is 12.3. The van der Waals surface area contributed by atoms with Crippen LogP contribution in [0, 0.1) is 11.7 Å². The molecular formula is C17H20F3N3O3. The molecular weight excluding hydrogens is 351 g/mol. The number of carbonyl (C=O) groups is 1. The second-order valence-electron chi connectivity index (χ2n) is 6.60. The summed E-state index contributed by atoms with van der Waals surface area (Å²) in [5.41, 5.74) is 3.09. The molecule has 1 saturated carbocycles. The Labute approximate surface area is 148 Å². The van der Waals surface area contributed by atoms with Crippen LogP contribution in [0.1, 0.15) is 29.3 Å². The van der Waals surface area contributed by atoms with Crippen LogP contribution in [0.15, 0.2) is 23.2 Å². The maximum atomic E-state index is 14.5. The summed E-state index contributed by atoms with van der Waals surface area (Å²) in [7, 11) is 1.49. The van der Waals surface area contributed by atoms with E-state index in [1.54, 1.807) is 6.92 Å². The molecule has 0 aromatic heterocycles. The number of nitrogens with one attached hydrogen (secondary N) is 1. The van der Waals surface area contributed by atoms with Crippen molar-refractivity contribution in [3.63, 3.8) is 0 Å². The number of amidine groups is 1. The number of carbonyl (C=O) groups excluding carboxylic acids is 1. The number of hydrogen-bond donors (Lipinski definition) is 2. The molecule has 1 aliphatic heterocycles. The number of aliphatic imine (C=N–C) groups is 1. The minimum atomic E-state index is -3.00. The van der Waals surface area contributed by atoms with Crippen LogP contribution in [0.4, 0.5) is 13.2 Å². The number of amides is 1. The van der Waals surface area contributed by atoms with Gasteiger partial charge >= 0.3 is 0 Å². The fourth-order valence-electron chi connectivity index (χ4n) is 3.37. The van der Waals surface area contributed by atoms with Gasteiger partial charge in [0.1, 0.15) is 11.9 Å². The number of halogens is 3. The standard InChI is InChI=1S/C17H20F3N3O3/c1-8(7-25-2)22-14(24)9-3-4-12(18)10(5-9)17(15(19)20)11-6-13(11)26-16(21)23-17/h3-5,8,11,13,15H,6-7H2,1-2H3,(H2,21,23)(H,22,24)/t8-,11+,13?,17?/m0/s1. The molecule has 26 heavy (non-hydrogen) atoms. The molecule has 9 heteroatoms. The molecule has 0 spiro atoms. The summed E-state index contributed by atoms with van der Waals surface area (Å²) >= 11 is 0. The van der Waals surface area contributed by atoms with Crippen LogP contribution in [-0.4, -0.2) is 44.2 Å². The monoisotopic (exact) mass is 371 g/mol. The van der Waals surface area contributed by atoms with Crippen LogP contribution in [0.2, 0.25) is 0 Å². The minimum absolute atomic E-state index is 0.0573. The van der Waals surface area contributed by atoms with Crippen LogP contribution in [0.25, 0.3) is 0 Å². The van der Waals surface area contributed by atoms with Gasteiger partial charge in [-0.2, -0.15) is 0 Å². The Balaban J connectivity index is 1.99. The van der Waals surface area contributed by atoms with Crippen molar-refractivity contribution < 1.29 is 27.4 Å². The highest BCUT2D eigenvalue weighted by atomic mass is 19.3. The Morgan fingerprint density at radius 2 is 2.27 bits per heavy atom. The average Bonchev–Trinajstić information content (AvgIpc) is 3.33. The van der Waals surface area contributed by atoms with Gasteiger partial charge < -0.3 is 20.5 Å². The summed E-state index contributed by atoms with van der Waals surface area (Å²) in [6, 6.07) is 2.66. The zero-order chi connectivity index (χ0) is 19.1. The number of ether oxygens (including phenoxy) is 2. The zero-order valence-corrected chi connectivity index (χ0v) is 14.3. The summed E-state index contributed by atoms with van der Waals surface area (Å²) in [6.45, 7) is 2.01. The molecule has 4 atom stereocenters. The molecule has 3 N–H and O–H groups in total. The van der Waals surface area contributed by atoms with E-state index in [1.165, 1.54) is 13.2 Å². The average molecular weight is 371 g/mol. The number of rotatable bonds is 6. The van der Waals surface area contributed by atoms with Gasteiger partial charge in [-0.05, 0) is 31.5 Å². The molecule has 0 bridgehead atoms. The fraction of sp³-hybridized carbons (Fsp3) is 0.529. The van der Waals surface area contributed by atoms with E-state index in [9.17, 15) is 18.0 Å². The predicted octanol–water partition coefficient (Wildman–Crippen LogP) is 1.78. The smallest absolute Gasteiger partial charge is 0.283 e. The van der Waals surface area contributed by atoms with Gasteiger partial charge in [0.15, 0.2) is 5.54 Å². The molecule has 3 rings (SSSR count). The number of alkyl halides is 2. The molecule has 1 fully saturated rings. The van der Waals surface area contributed by atoms with E-state index >= 15 is 0 Å². The molecule has 2 aliphatic rings. The molecule has 1 amide bonds. The number of nitrogens with zero attached hydrogens (tertiary/aromatic N) is 1. The number of benzene rings is 1. The summed E-state index contributed by atoms with van der Waals surface area (Å²) in [6.07, 6.45) is -3.21. The number of nitrogens with two attached hydrogens (primary N) is 1. The molecule has 2 unspecified atom stereocenters. The van der Waals surface area contributed by atoms with Crippen molar-refractivity contribution in [3.8, 4) is 0 Å². The third-order valence-electron chi connectivity index (χ3n) is 4.65. The largest absolute Gasteiger partial charge is 0.462 e. The maximum absolute atomic E-state index is 14.5. The van der Waals surface area contributed by atoms with Crippen molar-refractivity contribution in [2.75, 3.05) is 13.7 Å². The molecule has 1 aliphatic carbocycles. The van der Waals surface area contributed by atoms with Crippen LogP contribution in [0.3, 0.4) is 0 Å². The Kier molecular flexibility index (Phi) is 4.83. The molecule has 6 nitrogen and oxygen atoms in total. The van der Waals surface area contributed by atoms with E-state index in [0.717, 1.165) is 12.1 Å². The van der Waals surface area contributed by atoms with Crippen molar-refractivity contribution in [3.05, 3.63) is 35.1 Å². The van der Waals surface area contributed by atoms with E-state index in [0.29, 0.717) is 6.42 Å². The lowest BCUT2D eigenvalue weighted by molar-refractivity contribution is 0.0176. The normalized spacial score (nSPS) is 28.0. The highest BCUT2D eigenvalue weighted by Crippen LogP contribution is 2.56. The van der Waals surface area contributed by atoms with Gasteiger partial charge in [0.25, 0.3) is 18.4 Å². The lowest BCUT2D eigenvalue weighted by Crippen LogP contribution is -2.43. The van der Waals surface area contributed by atoms with Gasteiger partial charge in [0.05, 0.1) is 6.61 Å². The van der Waals surface area contributed by atoms with Crippen molar-refractivity contribution >= 4 is 11.9 Å². The van der Waals surface area contributed by atoms with E-state index in [-0.39, 0.29) is 23.8 Å². The Morgan fingerprint density at radius 3 is 2.92 bits per heavy atom. The topological polar surface area (TPSA) is 85.9 Å².